The van der Waals surface area contributed by atoms with Crippen molar-refractivity contribution in [3.63, 3.8) is 0 Å². The molecular formula is C12H22N2. The molecule has 14 heavy (non-hydrogen) atoms. The maximum atomic E-state index is 8.12. The minimum Gasteiger partial charge on any atom is -0.359 e. The molecule has 2 nitrogen and oxygen atoms in total. The summed E-state index contributed by atoms with van der Waals surface area (Å²) in [4.78, 5) is 2.29. The number of hydrogen-bond acceptors (Lipinski definition) is 1. The van der Waals surface area contributed by atoms with Crippen LogP contribution in [0.5, 0.6) is 0 Å². The van der Waals surface area contributed by atoms with E-state index >= 15 is 0 Å². The normalized spacial score (nSPS) is 26.3. The quantitative estimate of drug-likeness (QED) is 0.531. The molecule has 0 spiro atoms. The molecule has 1 saturated carbocycles. The lowest BCUT2D eigenvalue weighted by molar-refractivity contribution is 0.0686. The highest BCUT2D eigenvalue weighted by Crippen LogP contribution is 2.36. The first kappa shape index (κ1) is 10.0. The van der Waals surface area contributed by atoms with Crippen LogP contribution >= 0.6 is 0 Å². The van der Waals surface area contributed by atoms with Crippen LogP contribution in [0, 0.1) is 16.7 Å². The van der Waals surface area contributed by atoms with Crippen LogP contribution in [0.25, 0.3) is 0 Å². The van der Waals surface area contributed by atoms with Gasteiger partial charge in [0, 0.05) is 24.4 Å². The van der Waals surface area contributed by atoms with Gasteiger partial charge in [0.15, 0.2) is 0 Å². The minimum absolute atomic E-state index is 0.505. The van der Waals surface area contributed by atoms with E-state index < -0.39 is 0 Å². The van der Waals surface area contributed by atoms with Crippen LogP contribution < -0.4 is 0 Å². The minimum atomic E-state index is 0.505. The fraction of sp³-hybridized carbons (Fsp3) is 0.917. The lowest BCUT2D eigenvalue weighted by atomic mass is 9.79. The van der Waals surface area contributed by atoms with Crippen LogP contribution in [0.4, 0.5) is 0 Å². The predicted octanol–water partition coefficient (Wildman–Crippen LogP) is 2.89. The second-order valence-electron chi connectivity index (χ2n) is 5.39. The number of nitrogens with one attached hydrogen (secondary N) is 1. The molecule has 0 aromatic rings. The van der Waals surface area contributed by atoms with Gasteiger partial charge in [-0.25, -0.2) is 0 Å². The third-order valence-electron chi connectivity index (χ3n) is 4.08. The zero-order valence-corrected chi connectivity index (χ0v) is 9.47. The first-order valence-corrected chi connectivity index (χ1v) is 5.98. The van der Waals surface area contributed by atoms with Gasteiger partial charge in [0.2, 0.25) is 0 Å². The van der Waals surface area contributed by atoms with Crippen molar-refractivity contribution >= 4 is 5.84 Å². The van der Waals surface area contributed by atoms with Gasteiger partial charge in [-0.3, -0.25) is 5.41 Å². The summed E-state index contributed by atoms with van der Waals surface area (Å²) < 4.78 is 0. The van der Waals surface area contributed by atoms with Gasteiger partial charge in [0.1, 0.15) is 0 Å². The molecule has 1 N–H and O–H groups in total. The second kappa shape index (κ2) is 3.56. The van der Waals surface area contributed by atoms with Crippen molar-refractivity contribution < 1.29 is 0 Å². The van der Waals surface area contributed by atoms with Crippen molar-refractivity contribution in [2.75, 3.05) is 13.1 Å². The van der Waals surface area contributed by atoms with Crippen molar-refractivity contribution in [3.05, 3.63) is 0 Å². The first-order chi connectivity index (χ1) is 6.64. The Bertz CT molecular complexity index is 222. The topological polar surface area (TPSA) is 27.1 Å². The Hall–Kier alpha value is -0.530. The molecule has 0 amide bonds. The lowest BCUT2D eigenvalue weighted by Gasteiger charge is -2.50. The highest BCUT2D eigenvalue weighted by molar-refractivity contribution is 5.82. The Kier molecular flexibility index (Phi) is 2.54. The Morgan fingerprint density at radius 3 is 2.43 bits per heavy atom. The molecule has 0 radical (unpaired) electrons. The zero-order valence-electron chi connectivity index (χ0n) is 9.47. The van der Waals surface area contributed by atoms with E-state index in [0.717, 1.165) is 18.9 Å². The Morgan fingerprint density at radius 1 is 1.36 bits per heavy atom. The number of amidine groups is 1. The third kappa shape index (κ3) is 1.67. The molecule has 2 rings (SSSR count). The molecule has 0 atom stereocenters. The van der Waals surface area contributed by atoms with Crippen LogP contribution in [0.1, 0.15) is 46.0 Å². The van der Waals surface area contributed by atoms with Gasteiger partial charge < -0.3 is 4.90 Å². The van der Waals surface area contributed by atoms with Crippen LogP contribution in [-0.2, 0) is 0 Å². The highest BCUT2D eigenvalue weighted by atomic mass is 15.2. The summed E-state index contributed by atoms with van der Waals surface area (Å²) in [6.45, 7) is 6.85. The largest absolute Gasteiger partial charge is 0.359 e. The maximum Gasteiger partial charge on any atom is 0.0989 e. The van der Waals surface area contributed by atoms with E-state index in [0.29, 0.717) is 11.3 Å². The van der Waals surface area contributed by atoms with Gasteiger partial charge in [0.05, 0.1) is 5.84 Å². The number of rotatable bonds is 2. The molecule has 2 heteroatoms. The molecule has 80 valence electrons. The van der Waals surface area contributed by atoms with E-state index in [4.69, 9.17) is 5.41 Å². The van der Waals surface area contributed by atoms with Crippen molar-refractivity contribution in [2.45, 2.75) is 46.0 Å². The molecule has 1 aliphatic heterocycles. The number of hydrogen-bond donors (Lipinski definition) is 1. The van der Waals surface area contributed by atoms with E-state index in [1.54, 1.807) is 0 Å². The molecule has 2 aliphatic rings. The Balaban J connectivity index is 1.84. The standard InChI is InChI=1S/C12H22N2/c1-3-12(2)8-14(9-12)11(13)10-6-4-5-7-10/h10,13H,3-9H2,1-2H3. The van der Waals surface area contributed by atoms with E-state index in [1.165, 1.54) is 32.1 Å². The molecule has 2 fully saturated rings. The Morgan fingerprint density at radius 2 is 1.93 bits per heavy atom. The number of nitrogens with zero attached hydrogens (tertiary/aromatic N) is 1. The van der Waals surface area contributed by atoms with E-state index in [2.05, 4.69) is 18.7 Å². The lowest BCUT2D eigenvalue weighted by Crippen LogP contribution is -2.57. The van der Waals surface area contributed by atoms with Gasteiger partial charge in [-0.05, 0) is 19.3 Å². The number of likely N-dealkylation sites (tertiary alicyclic amines) is 1. The molecule has 1 aliphatic carbocycles. The molecular weight excluding hydrogens is 172 g/mol. The summed E-state index contributed by atoms with van der Waals surface area (Å²) in [5, 5.41) is 8.12. The monoisotopic (exact) mass is 194 g/mol. The van der Waals surface area contributed by atoms with Crippen LogP contribution in [-0.4, -0.2) is 23.8 Å². The smallest absolute Gasteiger partial charge is 0.0989 e. The van der Waals surface area contributed by atoms with E-state index in [1.807, 2.05) is 0 Å². The van der Waals surface area contributed by atoms with E-state index in [-0.39, 0.29) is 0 Å². The van der Waals surface area contributed by atoms with E-state index in [9.17, 15) is 0 Å². The average Bonchev–Trinajstić information content (AvgIpc) is 2.64. The van der Waals surface area contributed by atoms with Crippen LogP contribution in [0.15, 0.2) is 0 Å². The summed E-state index contributed by atoms with van der Waals surface area (Å²) in [5.74, 6) is 1.53. The molecule has 0 aromatic carbocycles. The SMILES string of the molecule is CCC1(C)CN(C(=N)C2CCCC2)C1. The van der Waals surface area contributed by atoms with Crippen molar-refractivity contribution in [1.29, 1.82) is 5.41 Å². The molecule has 1 saturated heterocycles. The second-order valence-corrected chi connectivity index (χ2v) is 5.39. The van der Waals surface area contributed by atoms with Crippen molar-refractivity contribution in [3.8, 4) is 0 Å². The summed E-state index contributed by atoms with van der Waals surface area (Å²) in [7, 11) is 0. The van der Waals surface area contributed by atoms with Gasteiger partial charge in [-0.2, -0.15) is 0 Å². The van der Waals surface area contributed by atoms with Crippen LogP contribution in [0.2, 0.25) is 0 Å². The highest BCUT2D eigenvalue weighted by Gasteiger charge is 2.40. The zero-order chi connectivity index (χ0) is 10.2. The van der Waals surface area contributed by atoms with Gasteiger partial charge in [0.25, 0.3) is 0 Å². The Labute approximate surface area is 87.2 Å². The predicted molar refractivity (Wildman–Crippen MR) is 59.7 cm³/mol. The molecule has 0 aromatic heterocycles. The van der Waals surface area contributed by atoms with Gasteiger partial charge in [-0.15, -0.1) is 0 Å². The molecule has 0 unspecified atom stereocenters. The summed E-state index contributed by atoms with van der Waals surface area (Å²) in [6.07, 6.45) is 6.45. The van der Waals surface area contributed by atoms with Gasteiger partial charge in [-0.1, -0.05) is 26.7 Å². The van der Waals surface area contributed by atoms with Crippen molar-refractivity contribution in [2.24, 2.45) is 11.3 Å². The maximum absolute atomic E-state index is 8.12. The van der Waals surface area contributed by atoms with Crippen molar-refractivity contribution in [1.82, 2.24) is 4.90 Å². The first-order valence-electron chi connectivity index (χ1n) is 5.98. The molecule has 0 bridgehead atoms. The average molecular weight is 194 g/mol. The molecule has 1 heterocycles. The fourth-order valence-electron chi connectivity index (χ4n) is 2.73. The fourth-order valence-corrected chi connectivity index (χ4v) is 2.73. The summed E-state index contributed by atoms with van der Waals surface area (Å²) in [6, 6.07) is 0. The van der Waals surface area contributed by atoms with Crippen LogP contribution in [0.3, 0.4) is 0 Å². The summed E-state index contributed by atoms with van der Waals surface area (Å²) >= 11 is 0. The van der Waals surface area contributed by atoms with Gasteiger partial charge >= 0.3 is 0 Å². The summed E-state index contributed by atoms with van der Waals surface area (Å²) in [5.41, 5.74) is 0.505. The third-order valence-corrected chi connectivity index (χ3v) is 4.08.